The molecule has 0 aliphatic rings. The Hall–Kier alpha value is -1.81. The van der Waals surface area contributed by atoms with E-state index in [4.69, 9.17) is 5.73 Å². The van der Waals surface area contributed by atoms with Gasteiger partial charge in [0, 0.05) is 12.4 Å². The van der Waals surface area contributed by atoms with Crippen LogP contribution in [0.5, 0.6) is 0 Å². The summed E-state index contributed by atoms with van der Waals surface area (Å²) in [6.07, 6.45) is 3.34. The van der Waals surface area contributed by atoms with Crippen LogP contribution in [-0.2, 0) is 0 Å². The first-order chi connectivity index (χ1) is 7.72. The van der Waals surface area contributed by atoms with Gasteiger partial charge in [-0.1, -0.05) is 19.1 Å². The minimum atomic E-state index is -0.127. The maximum atomic E-state index is 11.5. The van der Waals surface area contributed by atoms with Gasteiger partial charge in [0.2, 0.25) is 0 Å². The molecular formula is C12H15N3O. The van der Waals surface area contributed by atoms with E-state index in [1.54, 1.807) is 17.0 Å². The van der Waals surface area contributed by atoms with Gasteiger partial charge in [0.25, 0.3) is 0 Å². The number of aromatic nitrogens is 2. The van der Waals surface area contributed by atoms with E-state index in [0.29, 0.717) is 12.5 Å². The highest BCUT2D eigenvalue weighted by molar-refractivity contribution is 5.37. The summed E-state index contributed by atoms with van der Waals surface area (Å²) in [7, 11) is 0. The molecule has 0 radical (unpaired) electrons. The molecular weight excluding hydrogens is 202 g/mol. The van der Waals surface area contributed by atoms with Crippen molar-refractivity contribution in [3.8, 4) is 5.69 Å². The Labute approximate surface area is 93.7 Å². The molecule has 0 aliphatic heterocycles. The SMILES string of the molecule is CC(CN)c1cccc(-n2cc[nH]c2=O)c1. The number of hydrogen-bond donors (Lipinski definition) is 2. The van der Waals surface area contributed by atoms with Crippen molar-refractivity contribution in [2.45, 2.75) is 12.8 Å². The van der Waals surface area contributed by atoms with Crippen LogP contribution < -0.4 is 11.4 Å². The molecule has 0 spiro atoms. The largest absolute Gasteiger partial charge is 0.330 e. The van der Waals surface area contributed by atoms with Crippen LogP contribution in [0.1, 0.15) is 18.4 Å². The third-order valence-corrected chi connectivity index (χ3v) is 2.72. The van der Waals surface area contributed by atoms with Gasteiger partial charge in [-0.25, -0.2) is 4.79 Å². The molecule has 0 fully saturated rings. The summed E-state index contributed by atoms with van der Waals surface area (Å²) in [6, 6.07) is 7.86. The smallest absolute Gasteiger partial charge is 0.330 e. The summed E-state index contributed by atoms with van der Waals surface area (Å²) in [5.41, 5.74) is 7.51. The van der Waals surface area contributed by atoms with E-state index in [0.717, 1.165) is 11.3 Å². The normalized spacial score (nSPS) is 12.6. The molecule has 1 atom stereocenters. The standard InChI is InChI=1S/C12H15N3O/c1-9(8-13)10-3-2-4-11(7-10)15-6-5-14-12(15)16/h2-7,9H,8,13H2,1H3,(H,14,16). The van der Waals surface area contributed by atoms with Gasteiger partial charge < -0.3 is 10.7 Å². The molecule has 0 saturated heterocycles. The molecule has 3 N–H and O–H groups in total. The molecule has 1 unspecified atom stereocenters. The summed E-state index contributed by atoms with van der Waals surface area (Å²) >= 11 is 0. The maximum absolute atomic E-state index is 11.5. The van der Waals surface area contributed by atoms with Gasteiger partial charge >= 0.3 is 5.69 Å². The van der Waals surface area contributed by atoms with Crippen LogP contribution in [0.25, 0.3) is 5.69 Å². The van der Waals surface area contributed by atoms with Crippen LogP contribution in [-0.4, -0.2) is 16.1 Å². The second-order valence-electron chi connectivity index (χ2n) is 3.87. The number of nitrogens with two attached hydrogens (primary N) is 1. The summed E-state index contributed by atoms with van der Waals surface area (Å²) in [5, 5.41) is 0. The number of benzene rings is 1. The zero-order valence-electron chi connectivity index (χ0n) is 9.18. The fourth-order valence-corrected chi connectivity index (χ4v) is 1.64. The van der Waals surface area contributed by atoms with Gasteiger partial charge in [0.15, 0.2) is 0 Å². The average molecular weight is 217 g/mol. The Morgan fingerprint density at radius 2 is 2.31 bits per heavy atom. The Balaban J connectivity index is 2.44. The second-order valence-corrected chi connectivity index (χ2v) is 3.87. The Morgan fingerprint density at radius 3 is 2.94 bits per heavy atom. The average Bonchev–Trinajstić information content (AvgIpc) is 2.74. The molecule has 2 rings (SSSR count). The molecule has 0 saturated carbocycles. The molecule has 4 nitrogen and oxygen atoms in total. The van der Waals surface area contributed by atoms with Gasteiger partial charge in [-0.05, 0) is 30.2 Å². The lowest BCUT2D eigenvalue weighted by Gasteiger charge is -2.10. The quantitative estimate of drug-likeness (QED) is 0.812. The van der Waals surface area contributed by atoms with Gasteiger partial charge in [0.05, 0.1) is 5.69 Å². The van der Waals surface area contributed by atoms with Crippen LogP contribution in [0.15, 0.2) is 41.5 Å². The van der Waals surface area contributed by atoms with Crippen LogP contribution in [0.3, 0.4) is 0 Å². The number of imidazole rings is 1. The Bertz CT molecular complexity index is 527. The topological polar surface area (TPSA) is 63.8 Å². The summed E-state index contributed by atoms with van der Waals surface area (Å²) in [6.45, 7) is 2.67. The zero-order chi connectivity index (χ0) is 11.5. The highest BCUT2D eigenvalue weighted by Crippen LogP contribution is 2.16. The van der Waals surface area contributed by atoms with E-state index in [1.165, 1.54) is 0 Å². The number of nitrogens with one attached hydrogen (secondary N) is 1. The van der Waals surface area contributed by atoms with Gasteiger partial charge in [-0.3, -0.25) is 4.57 Å². The third kappa shape index (κ3) is 1.92. The van der Waals surface area contributed by atoms with E-state index in [2.05, 4.69) is 11.9 Å². The van der Waals surface area contributed by atoms with Crippen LogP contribution in [0, 0.1) is 0 Å². The third-order valence-electron chi connectivity index (χ3n) is 2.72. The molecule has 1 aromatic heterocycles. The molecule has 0 amide bonds. The molecule has 2 aromatic rings. The minimum Gasteiger partial charge on any atom is -0.330 e. The number of aromatic amines is 1. The van der Waals surface area contributed by atoms with Crippen molar-refractivity contribution < 1.29 is 0 Å². The predicted octanol–water partition coefficient (Wildman–Crippen LogP) is 1.23. The molecule has 84 valence electrons. The van der Waals surface area contributed by atoms with Crippen LogP contribution in [0.4, 0.5) is 0 Å². The van der Waals surface area contributed by atoms with E-state index in [-0.39, 0.29) is 5.69 Å². The monoisotopic (exact) mass is 217 g/mol. The van der Waals surface area contributed by atoms with E-state index >= 15 is 0 Å². The molecule has 4 heteroatoms. The number of rotatable bonds is 3. The lowest BCUT2D eigenvalue weighted by molar-refractivity contribution is 0.772. The van der Waals surface area contributed by atoms with Gasteiger partial charge in [-0.2, -0.15) is 0 Å². The molecule has 16 heavy (non-hydrogen) atoms. The number of nitrogens with zero attached hydrogens (tertiary/aromatic N) is 1. The lowest BCUT2D eigenvalue weighted by atomic mass is 10.0. The highest BCUT2D eigenvalue weighted by atomic mass is 16.1. The van der Waals surface area contributed by atoms with Crippen LogP contribution >= 0.6 is 0 Å². The van der Waals surface area contributed by atoms with Crippen molar-refractivity contribution in [1.82, 2.24) is 9.55 Å². The van der Waals surface area contributed by atoms with E-state index < -0.39 is 0 Å². The first-order valence-electron chi connectivity index (χ1n) is 5.29. The first kappa shape index (κ1) is 10.7. The number of H-pyrrole nitrogens is 1. The summed E-state index contributed by atoms with van der Waals surface area (Å²) < 4.78 is 1.58. The fourth-order valence-electron chi connectivity index (χ4n) is 1.64. The molecule has 0 bridgehead atoms. The van der Waals surface area contributed by atoms with Crippen molar-refractivity contribution in [1.29, 1.82) is 0 Å². The van der Waals surface area contributed by atoms with Crippen molar-refractivity contribution in [3.63, 3.8) is 0 Å². The summed E-state index contributed by atoms with van der Waals surface area (Å²) in [4.78, 5) is 14.1. The lowest BCUT2D eigenvalue weighted by Crippen LogP contribution is -2.15. The van der Waals surface area contributed by atoms with E-state index in [1.807, 2.05) is 24.3 Å². The maximum Gasteiger partial charge on any atom is 0.330 e. The number of hydrogen-bond acceptors (Lipinski definition) is 2. The molecule has 1 aromatic carbocycles. The van der Waals surface area contributed by atoms with Crippen molar-refractivity contribution in [3.05, 3.63) is 52.7 Å². The Kier molecular flexibility index (Phi) is 2.92. The van der Waals surface area contributed by atoms with Crippen molar-refractivity contribution in [2.24, 2.45) is 5.73 Å². The predicted molar refractivity (Wildman–Crippen MR) is 63.9 cm³/mol. The van der Waals surface area contributed by atoms with Crippen LogP contribution in [0.2, 0.25) is 0 Å². The fraction of sp³-hybridized carbons (Fsp3) is 0.250. The Morgan fingerprint density at radius 1 is 1.50 bits per heavy atom. The second kappa shape index (κ2) is 4.37. The first-order valence-corrected chi connectivity index (χ1v) is 5.29. The summed E-state index contributed by atoms with van der Waals surface area (Å²) in [5.74, 6) is 0.301. The molecule has 1 heterocycles. The molecule has 0 aliphatic carbocycles. The van der Waals surface area contributed by atoms with Crippen molar-refractivity contribution >= 4 is 0 Å². The van der Waals surface area contributed by atoms with E-state index in [9.17, 15) is 4.79 Å². The van der Waals surface area contributed by atoms with Crippen molar-refractivity contribution in [2.75, 3.05) is 6.54 Å². The van der Waals surface area contributed by atoms with Gasteiger partial charge in [-0.15, -0.1) is 0 Å². The van der Waals surface area contributed by atoms with Gasteiger partial charge in [0.1, 0.15) is 0 Å². The zero-order valence-corrected chi connectivity index (χ0v) is 9.18. The highest BCUT2D eigenvalue weighted by Gasteiger charge is 2.05. The minimum absolute atomic E-state index is 0.127.